The second kappa shape index (κ2) is 7.67. The summed E-state index contributed by atoms with van der Waals surface area (Å²) in [5.74, 6) is 0.988. The van der Waals surface area contributed by atoms with Gasteiger partial charge >= 0.3 is 0 Å². The normalized spacial score (nSPS) is 12.5. The van der Waals surface area contributed by atoms with E-state index in [1.807, 2.05) is 54.6 Å². The van der Waals surface area contributed by atoms with E-state index in [4.69, 9.17) is 4.74 Å². The van der Waals surface area contributed by atoms with E-state index in [0.29, 0.717) is 17.4 Å². The molecule has 0 saturated carbocycles. The molecule has 0 spiro atoms. The van der Waals surface area contributed by atoms with Crippen molar-refractivity contribution in [2.24, 2.45) is 0 Å². The summed E-state index contributed by atoms with van der Waals surface area (Å²) >= 11 is 0. The van der Waals surface area contributed by atoms with E-state index in [2.05, 4.69) is 44.9 Å². The maximum Gasteiger partial charge on any atom is 0.262 e. The summed E-state index contributed by atoms with van der Waals surface area (Å²) in [6, 6.07) is 25.8. The molecule has 30 heavy (non-hydrogen) atoms. The summed E-state index contributed by atoms with van der Waals surface area (Å²) in [4.78, 5) is 20.6. The second-order valence-electron chi connectivity index (χ2n) is 6.89. The van der Waals surface area contributed by atoms with Crippen molar-refractivity contribution in [3.63, 3.8) is 0 Å². The molecule has 6 nitrogen and oxygen atoms in total. The van der Waals surface area contributed by atoms with Gasteiger partial charge in [0, 0.05) is 20.3 Å². The van der Waals surface area contributed by atoms with Crippen molar-refractivity contribution in [2.75, 3.05) is 17.2 Å². The molecule has 6 heteroatoms. The van der Waals surface area contributed by atoms with Gasteiger partial charge in [0.1, 0.15) is 5.75 Å². The van der Waals surface area contributed by atoms with Crippen LogP contribution in [0.5, 0.6) is 5.75 Å². The predicted octanol–water partition coefficient (Wildman–Crippen LogP) is 5.38. The van der Waals surface area contributed by atoms with Crippen molar-refractivity contribution in [3.05, 3.63) is 85.1 Å². The number of hydrogen-bond donors (Lipinski definition) is 2. The first-order valence-electron chi connectivity index (χ1n) is 9.57. The van der Waals surface area contributed by atoms with E-state index in [1.54, 1.807) is 6.20 Å². The minimum atomic E-state index is -0.164. The number of carbonyl (C=O) groups is 1. The number of nitrogens with zero attached hydrogens (tertiary/aromatic N) is 2. The molecule has 0 atom stereocenters. The van der Waals surface area contributed by atoms with Crippen molar-refractivity contribution in [1.29, 1.82) is 0 Å². The van der Waals surface area contributed by atoms with Crippen molar-refractivity contribution in [1.82, 2.24) is 9.97 Å². The van der Waals surface area contributed by atoms with Crippen molar-refractivity contribution >= 4 is 23.2 Å². The van der Waals surface area contributed by atoms with E-state index in [9.17, 15) is 4.79 Å². The summed E-state index contributed by atoms with van der Waals surface area (Å²) in [5.41, 5.74) is 5.42. The number of rotatable bonds is 4. The molecule has 1 aliphatic heterocycles. The fraction of sp³-hybridized carbons (Fsp3) is 0.0417. The highest BCUT2D eigenvalue weighted by atomic mass is 16.5. The first-order valence-corrected chi connectivity index (χ1v) is 9.57. The van der Waals surface area contributed by atoms with Gasteiger partial charge < -0.3 is 15.4 Å². The summed E-state index contributed by atoms with van der Waals surface area (Å²) in [5, 5.41) is 6.10. The number of nitrogens with one attached hydrogen (secondary N) is 2. The molecule has 4 aromatic rings. The van der Waals surface area contributed by atoms with Gasteiger partial charge in [0.25, 0.3) is 5.91 Å². The van der Waals surface area contributed by atoms with Crippen LogP contribution in [-0.2, 0) is 4.79 Å². The molecule has 2 N–H and O–H groups in total. The Bertz CT molecular complexity index is 1240. The van der Waals surface area contributed by atoms with Crippen LogP contribution in [0.4, 0.5) is 17.3 Å². The zero-order valence-corrected chi connectivity index (χ0v) is 16.0. The lowest BCUT2D eigenvalue weighted by Gasteiger charge is -2.18. The summed E-state index contributed by atoms with van der Waals surface area (Å²) < 4.78 is 5.42. The molecular formula is C24H22N4O2. The summed E-state index contributed by atoms with van der Waals surface area (Å²) in [6.45, 7) is 0.0377. The molecule has 0 bridgehead atoms. The number of amides is 1. The third-order valence-corrected chi connectivity index (χ3v) is 4.79. The third-order valence-electron chi connectivity index (χ3n) is 4.79. The SMILES string of the molecule is O=C1COc2ccc(-c3ccnc(Nc4cccc(-c5ccccc5)c4)n3)cc2N1.[HH].[HH]. The highest BCUT2D eigenvalue weighted by Gasteiger charge is 2.16. The lowest BCUT2D eigenvalue weighted by Crippen LogP contribution is -2.25. The Balaban J connectivity index is 0.00000144. The Morgan fingerprint density at radius 1 is 0.900 bits per heavy atom. The number of benzene rings is 3. The Kier molecular flexibility index (Phi) is 4.57. The predicted molar refractivity (Wildman–Crippen MR) is 121 cm³/mol. The van der Waals surface area contributed by atoms with Gasteiger partial charge in [0.2, 0.25) is 5.95 Å². The number of carbonyl (C=O) groups excluding carboxylic acids is 1. The quantitative estimate of drug-likeness (QED) is 0.483. The Hall–Kier alpha value is -4.19. The summed E-state index contributed by atoms with van der Waals surface area (Å²) in [7, 11) is 0. The fourth-order valence-corrected chi connectivity index (χ4v) is 3.36. The van der Waals surface area contributed by atoms with Gasteiger partial charge in [0.15, 0.2) is 6.61 Å². The van der Waals surface area contributed by atoms with Crippen molar-refractivity contribution in [3.8, 4) is 28.1 Å². The number of ether oxygens (including phenoxy) is 1. The van der Waals surface area contributed by atoms with Crippen LogP contribution in [0, 0.1) is 0 Å². The van der Waals surface area contributed by atoms with Crippen LogP contribution < -0.4 is 15.4 Å². The Morgan fingerprint density at radius 2 is 1.77 bits per heavy atom. The average molecular weight is 398 g/mol. The van der Waals surface area contributed by atoms with Crippen LogP contribution in [0.3, 0.4) is 0 Å². The topological polar surface area (TPSA) is 76.1 Å². The lowest BCUT2D eigenvalue weighted by atomic mass is 10.1. The van der Waals surface area contributed by atoms with Crippen LogP contribution in [-0.4, -0.2) is 22.5 Å². The molecule has 1 amide bonds. The highest BCUT2D eigenvalue weighted by Crippen LogP contribution is 2.32. The standard InChI is InChI=1S/C24H18N4O2.2H2/c29-23-15-30-22-10-9-18(14-21(22)27-23)20-11-12-25-24(28-20)26-19-8-4-7-17(13-19)16-5-2-1-3-6-16;;/h1-14H,15H2,(H,27,29)(H,25,26,28);2*1H. The highest BCUT2D eigenvalue weighted by molar-refractivity contribution is 5.96. The van der Waals surface area contributed by atoms with Gasteiger partial charge in [-0.25, -0.2) is 9.97 Å². The molecule has 2 heterocycles. The van der Waals surface area contributed by atoms with Crippen LogP contribution in [0.15, 0.2) is 85.1 Å². The van der Waals surface area contributed by atoms with E-state index in [1.165, 1.54) is 0 Å². The van der Waals surface area contributed by atoms with Gasteiger partial charge in [-0.15, -0.1) is 0 Å². The molecule has 150 valence electrons. The van der Waals surface area contributed by atoms with Gasteiger partial charge in [0.05, 0.1) is 11.4 Å². The average Bonchev–Trinajstić information content (AvgIpc) is 2.79. The van der Waals surface area contributed by atoms with Crippen LogP contribution in [0.25, 0.3) is 22.4 Å². The minimum Gasteiger partial charge on any atom is -0.482 e. The second-order valence-corrected chi connectivity index (χ2v) is 6.89. The van der Waals surface area contributed by atoms with Crippen LogP contribution >= 0.6 is 0 Å². The molecule has 0 unspecified atom stereocenters. The number of fused-ring (bicyclic) bond motifs is 1. The van der Waals surface area contributed by atoms with Gasteiger partial charge in [-0.1, -0.05) is 42.5 Å². The zero-order chi connectivity index (χ0) is 20.3. The number of anilines is 3. The number of hydrogen-bond acceptors (Lipinski definition) is 5. The zero-order valence-electron chi connectivity index (χ0n) is 16.0. The van der Waals surface area contributed by atoms with E-state index in [0.717, 1.165) is 28.1 Å². The molecule has 1 aliphatic rings. The van der Waals surface area contributed by atoms with E-state index >= 15 is 0 Å². The molecule has 3 aromatic carbocycles. The first kappa shape index (κ1) is 17.9. The molecule has 0 aliphatic carbocycles. The molecule has 1 aromatic heterocycles. The monoisotopic (exact) mass is 398 g/mol. The van der Waals surface area contributed by atoms with Gasteiger partial charge in [-0.2, -0.15) is 0 Å². The third kappa shape index (κ3) is 3.71. The summed E-state index contributed by atoms with van der Waals surface area (Å²) in [6.07, 6.45) is 1.71. The van der Waals surface area contributed by atoms with Crippen LogP contribution in [0.2, 0.25) is 0 Å². The Morgan fingerprint density at radius 3 is 2.67 bits per heavy atom. The van der Waals surface area contributed by atoms with E-state index in [-0.39, 0.29) is 15.4 Å². The minimum absolute atomic E-state index is 0. The van der Waals surface area contributed by atoms with Gasteiger partial charge in [-0.05, 0) is 47.5 Å². The number of aromatic nitrogens is 2. The first-order chi connectivity index (χ1) is 14.7. The maximum absolute atomic E-state index is 11.6. The molecular weight excluding hydrogens is 376 g/mol. The lowest BCUT2D eigenvalue weighted by molar-refractivity contribution is -0.118. The van der Waals surface area contributed by atoms with Crippen LogP contribution in [0.1, 0.15) is 2.85 Å². The maximum atomic E-state index is 11.6. The molecule has 0 saturated heterocycles. The van der Waals surface area contributed by atoms with E-state index < -0.39 is 0 Å². The van der Waals surface area contributed by atoms with Gasteiger partial charge in [-0.3, -0.25) is 4.79 Å². The molecule has 5 rings (SSSR count). The van der Waals surface area contributed by atoms with Crippen molar-refractivity contribution < 1.29 is 12.4 Å². The largest absolute Gasteiger partial charge is 0.482 e. The molecule has 0 fully saturated rings. The fourth-order valence-electron chi connectivity index (χ4n) is 3.36. The Labute approximate surface area is 176 Å². The smallest absolute Gasteiger partial charge is 0.262 e. The molecule has 0 radical (unpaired) electrons. The van der Waals surface area contributed by atoms with Crippen molar-refractivity contribution in [2.45, 2.75) is 0 Å².